The highest BCUT2D eigenvalue weighted by molar-refractivity contribution is 6.28. The Morgan fingerprint density at radius 2 is 2.25 bits per heavy atom. The molecule has 0 aliphatic heterocycles. The summed E-state index contributed by atoms with van der Waals surface area (Å²) >= 11 is 5.85. The number of fused-ring (bicyclic) bond motifs is 1. The lowest BCUT2D eigenvalue weighted by atomic mass is 10.0. The number of nitrogens with one attached hydrogen (secondary N) is 2. The van der Waals surface area contributed by atoms with Gasteiger partial charge in [0.25, 0.3) is 0 Å². The van der Waals surface area contributed by atoms with Gasteiger partial charge in [0.05, 0.1) is 13.4 Å². The molecule has 2 aromatic heterocycles. The van der Waals surface area contributed by atoms with Gasteiger partial charge in [-0.25, -0.2) is 9.78 Å². The van der Waals surface area contributed by atoms with E-state index in [1.165, 1.54) is 13.4 Å². The summed E-state index contributed by atoms with van der Waals surface area (Å²) < 4.78 is 4.81. The summed E-state index contributed by atoms with van der Waals surface area (Å²) in [5.74, 6) is 0.413. The summed E-state index contributed by atoms with van der Waals surface area (Å²) in [5, 5.41) is 3.12. The quantitative estimate of drug-likeness (QED) is 0.648. The van der Waals surface area contributed by atoms with Crippen LogP contribution in [0.5, 0.6) is 0 Å². The highest BCUT2D eigenvalue weighted by Gasteiger charge is 2.22. The lowest BCUT2D eigenvalue weighted by Gasteiger charge is -2.19. The van der Waals surface area contributed by atoms with Gasteiger partial charge in [-0.1, -0.05) is 13.8 Å². The second kappa shape index (κ2) is 6.04. The number of aromatic nitrogens is 4. The molecule has 2 heterocycles. The number of esters is 1. The van der Waals surface area contributed by atoms with Crippen LogP contribution in [-0.2, 0) is 9.53 Å². The molecule has 2 rings (SSSR count). The predicted octanol–water partition coefficient (Wildman–Crippen LogP) is 2.01. The number of nitrogens with zero attached hydrogens (tertiary/aromatic N) is 3. The van der Waals surface area contributed by atoms with Crippen molar-refractivity contribution in [3.05, 3.63) is 11.6 Å². The summed E-state index contributed by atoms with van der Waals surface area (Å²) in [6, 6.07) is -0.502. The summed E-state index contributed by atoms with van der Waals surface area (Å²) in [6.07, 6.45) is 2.11. The number of hydrogen-bond acceptors (Lipinski definition) is 6. The number of methoxy groups -OCH3 is 1. The van der Waals surface area contributed by atoms with Crippen LogP contribution >= 0.6 is 11.6 Å². The number of anilines is 1. The lowest BCUT2D eigenvalue weighted by Crippen LogP contribution is -2.32. The first kappa shape index (κ1) is 14.5. The van der Waals surface area contributed by atoms with Crippen molar-refractivity contribution in [2.45, 2.75) is 26.3 Å². The Balaban J connectivity index is 2.32. The summed E-state index contributed by atoms with van der Waals surface area (Å²) in [7, 11) is 1.36. The number of hydrogen-bond donors (Lipinski definition) is 2. The van der Waals surface area contributed by atoms with Gasteiger partial charge in [0.2, 0.25) is 5.28 Å². The molecule has 0 aliphatic carbocycles. The Morgan fingerprint density at radius 1 is 1.50 bits per heavy atom. The van der Waals surface area contributed by atoms with Crippen LogP contribution in [0, 0.1) is 5.92 Å². The van der Waals surface area contributed by atoms with E-state index in [2.05, 4.69) is 25.3 Å². The first-order valence-electron chi connectivity index (χ1n) is 6.22. The molecule has 2 aromatic rings. The molecule has 20 heavy (non-hydrogen) atoms. The second-order valence-electron chi connectivity index (χ2n) is 4.79. The van der Waals surface area contributed by atoms with Gasteiger partial charge in [-0.05, 0) is 23.9 Å². The molecule has 0 aromatic carbocycles. The van der Waals surface area contributed by atoms with Gasteiger partial charge in [-0.15, -0.1) is 0 Å². The zero-order valence-electron chi connectivity index (χ0n) is 11.5. The molecule has 108 valence electrons. The molecule has 7 nitrogen and oxygen atoms in total. The van der Waals surface area contributed by atoms with E-state index in [1.54, 1.807) is 0 Å². The Labute approximate surface area is 121 Å². The molecular weight excluding hydrogens is 282 g/mol. The maximum Gasteiger partial charge on any atom is 0.328 e. The number of ether oxygens (including phenoxy) is 1. The average molecular weight is 298 g/mol. The van der Waals surface area contributed by atoms with Gasteiger partial charge in [0, 0.05) is 0 Å². The molecule has 1 unspecified atom stereocenters. The molecule has 0 saturated heterocycles. The van der Waals surface area contributed by atoms with E-state index in [0.717, 1.165) is 0 Å². The van der Waals surface area contributed by atoms with Gasteiger partial charge >= 0.3 is 5.97 Å². The van der Waals surface area contributed by atoms with E-state index >= 15 is 0 Å². The molecule has 0 saturated carbocycles. The minimum Gasteiger partial charge on any atom is -0.467 e. The average Bonchev–Trinajstić information content (AvgIpc) is 2.84. The van der Waals surface area contributed by atoms with Crippen LogP contribution in [0.2, 0.25) is 5.28 Å². The molecule has 8 heteroatoms. The Hall–Kier alpha value is -1.89. The van der Waals surface area contributed by atoms with Crippen molar-refractivity contribution in [2.75, 3.05) is 12.4 Å². The molecule has 0 amide bonds. The van der Waals surface area contributed by atoms with Crippen LogP contribution in [0.25, 0.3) is 11.2 Å². The number of carbonyl (C=O) groups excluding carboxylic acids is 1. The van der Waals surface area contributed by atoms with Gasteiger partial charge in [0.15, 0.2) is 11.5 Å². The van der Waals surface area contributed by atoms with Crippen molar-refractivity contribution >= 4 is 34.6 Å². The Bertz CT molecular complexity index is 613. The number of rotatable bonds is 5. The smallest absolute Gasteiger partial charge is 0.328 e. The van der Waals surface area contributed by atoms with E-state index in [-0.39, 0.29) is 11.3 Å². The maximum atomic E-state index is 11.8. The summed E-state index contributed by atoms with van der Waals surface area (Å²) in [6.45, 7) is 4.05. The van der Waals surface area contributed by atoms with Crippen LogP contribution in [0.4, 0.5) is 5.82 Å². The zero-order valence-corrected chi connectivity index (χ0v) is 12.2. The van der Waals surface area contributed by atoms with E-state index in [1.807, 2.05) is 13.8 Å². The molecule has 0 fully saturated rings. The fraction of sp³-hybridized carbons (Fsp3) is 0.500. The molecule has 0 spiro atoms. The fourth-order valence-corrected chi connectivity index (χ4v) is 2.07. The van der Waals surface area contributed by atoms with Crippen molar-refractivity contribution in [1.29, 1.82) is 0 Å². The van der Waals surface area contributed by atoms with Crippen molar-refractivity contribution in [3.8, 4) is 0 Å². The summed E-state index contributed by atoms with van der Waals surface area (Å²) in [5.41, 5.74) is 1.05. The molecule has 0 bridgehead atoms. The first-order valence-corrected chi connectivity index (χ1v) is 6.60. The molecule has 0 radical (unpaired) electrons. The van der Waals surface area contributed by atoms with Crippen LogP contribution in [0.3, 0.4) is 0 Å². The molecule has 1 atom stereocenters. The van der Waals surface area contributed by atoms with E-state index in [0.29, 0.717) is 29.3 Å². The number of halogens is 1. The van der Waals surface area contributed by atoms with Crippen molar-refractivity contribution in [2.24, 2.45) is 5.92 Å². The second-order valence-corrected chi connectivity index (χ2v) is 5.13. The third-order valence-corrected chi connectivity index (χ3v) is 2.93. The monoisotopic (exact) mass is 297 g/mol. The number of aromatic amines is 1. The predicted molar refractivity (Wildman–Crippen MR) is 75.6 cm³/mol. The van der Waals surface area contributed by atoms with E-state index < -0.39 is 6.04 Å². The number of imidazole rings is 1. The van der Waals surface area contributed by atoms with Gasteiger partial charge < -0.3 is 15.0 Å². The number of H-pyrrole nitrogens is 1. The third-order valence-electron chi connectivity index (χ3n) is 2.76. The van der Waals surface area contributed by atoms with Crippen molar-refractivity contribution in [1.82, 2.24) is 19.9 Å². The van der Waals surface area contributed by atoms with E-state index in [4.69, 9.17) is 16.3 Å². The molecule has 0 aliphatic rings. The highest BCUT2D eigenvalue weighted by atomic mass is 35.5. The fourth-order valence-electron chi connectivity index (χ4n) is 1.90. The normalized spacial score (nSPS) is 12.7. The number of carbonyl (C=O) groups is 1. The minimum atomic E-state index is -0.502. The van der Waals surface area contributed by atoms with Crippen LogP contribution in [0.15, 0.2) is 6.33 Å². The topological polar surface area (TPSA) is 92.8 Å². The van der Waals surface area contributed by atoms with Crippen LogP contribution in [0.1, 0.15) is 20.3 Å². The lowest BCUT2D eigenvalue weighted by molar-refractivity contribution is -0.141. The SMILES string of the molecule is COC(=O)C(CC(C)C)Nc1nc(Cl)nc2nc[nH]c12. The van der Waals surface area contributed by atoms with E-state index in [9.17, 15) is 4.79 Å². The van der Waals surface area contributed by atoms with Gasteiger partial charge in [-0.2, -0.15) is 9.97 Å². The van der Waals surface area contributed by atoms with Crippen LogP contribution in [-0.4, -0.2) is 39.1 Å². The third kappa shape index (κ3) is 3.16. The Kier molecular flexibility index (Phi) is 4.39. The first-order chi connectivity index (χ1) is 9.51. The standard InChI is InChI=1S/C12H16ClN5O2/c1-6(2)4-7(11(19)20-3)16-10-8-9(15-5-14-8)17-12(13)18-10/h5-7H,4H2,1-3H3,(H2,14,15,16,17,18). The van der Waals surface area contributed by atoms with Gasteiger partial charge in [-0.3, -0.25) is 0 Å². The van der Waals surface area contributed by atoms with Crippen molar-refractivity contribution < 1.29 is 9.53 Å². The maximum absolute atomic E-state index is 11.8. The highest BCUT2D eigenvalue weighted by Crippen LogP contribution is 2.21. The largest absolute Gasteiger partial charge is 0.467 e. The molecular formula is C12H16ClN5O2. The Morgan fingerprint density at radius 3 is 2.90 bits per heavy atom. The van der Waals surface area contributed by atoms with Crippen molar-refractivity contribution in [3.63, 3.8) is 0 Å². The zero-order chi connectivity index (χ0) is 14.7. The van der Waals surface area contributed by atoms with Gasteiger partial charge in [0.1, 0.15) is 11.6 Å². The summed E-state index contributed by atoms with van der Waals surface area (Å²) in [4.78, 5) is 26.9. The van der Waals surface area contributed by atoms with Crippen LogP contribution < -0.4 is 5.32 Å². The minimum absolute atomic E-state index is 0.0697. The molecule has 2 N–H and O–H groups in total.